The van der Waals surface area contributed by atoms with E-state index in [0.29, 0.717) is 13.0 Å². The number of H-pyrrole nitrogens is 1. The molecule has 26 heavy (non-hydrogen) atoms. The smallest absolute Gasteiger partial charge is 0.227 e. The van der Waals surface area contributed by atoms with Gasteiger partial charge in [-0.3, -0.25) is 4.79 Å². The molecule has 2 aromatic carbocycles. The lowest BCUT2D eigenvalue weighted by Gasteiger charge is -2.09. The highest BCUT2D eigenvalue weighted by atomic mass is 16.5. The van der Waals surface area contributed by atoms with Crippen LogP contribution in [0.25, 0.3) is 11.0 Å². The largest absolute Gasteiger partial charge is 0.496 e. The van der Waals surface area contributed by atoms with E-state index in [0.717, 1.165) is 45.9 Å². The third kappa shape index (κ3) is 2.77. The van der Waals surface area contributed by atoms with Crippen molar-refractivity contribution in [1.82, 2.24) is 15.3 Å². The monoisotopic (exact) mass is 351 g/mol. The second-order valence-corrected chi connectivity index (χ2v) is 6.39. The Morgan fingerprint density at radius 3 is 2.65 bits per heavy atom. The van der Waals surface area contributed by atoms with Gasteiger partial charge < -0.3 is 19.8 Å². The number of amides is 1. The number of para-hydroxylation sites is 1. The number of carbonyl (C=O) groups is 1. The molecule has 134 valence electrons. The third-order valence-corrected chi connectivity index (χ3v) is 4.88. The standard InChI is InChI=1S/C20H21N3O3/c1-25-15-6-4-3-5-12(15)11-17-22-18-13(14-9-10-21-20(14)24)7-8-16(26-2)19(18)23-17/h3-8,14H,9-11H2,1-2H3,(H,21,24)(H,22,23). The molecule has 2 heterocycles. The van der Waals surface area contributed by atoms with Gasteiger partial charge in [-0.15, -0.1) is 0 Å². The van der Waals surface area contributed by atoms with Crippen LogP contribution in [0.3, 0.4) is 0 Å². The first kappa shape index (κ1) is 16.4. The van der Waals surface area contributed by atoms with Gasteiger partial charge in [-0.1, -0.05) is 24.3 Å². The number of hydrogen-bond donors (Lipinski definition) is 2. The van der Waals surface area contributed by atoms with Crippen molar-refractivity contribution in [3.8, 4) is 11.5 Å². The molecule has 1 unspecified atom stereocenters. The van der Waals surface area contributed by atoms with Crippen molar-refractivity contribution in [2.75, 3.05) is 20.8 Å². The fourth-order valence-electron chi connectivity index (χ4n) is 3.59. The average Bonchev–Trinajstić information content (AvgIpc) is 3.27. The Bertz CT molecular complexity index is 964. The van der Waals surface area contributed by atoms with Crippen LogP contribution < -0.4 is 14.8 Å². The van der Waals surface area contributed by atoms with E-state index in [1.807, 2.05) is 36.4 Å². The fourth-order valence-corrected chi connectivity index (χ4v) is 3.59. The number of rotatable bonds is 5. The molecule has 0 saturated carbocycles. The van der Waals surface area contributed by atoms with Crippen LogP contribution in [0.5, 0.6) is 11.5 Å². The molecule has 0 bridgehead atoms. The van der Waals surface area contributed by atoms with Crippen molar-refractivity contribution < 1.29 is 14.3 Å². The van der Waals surface area contributed by atoms with E-state index in [9.17, 15) is 4.79 Å². The zero-order chi connectivity index (χ0) is 18.1. The highest BCUT2D eigenvalue weighted by Gasteiger charge is 2.29. The number of nitrogens with zero attached hydrogens (tertiary/aromatic N) is 1. The van der Waals surface area contributed by atoms with E-state index in [1.54, 1.807) is 14.2 Å². The van der Waals surface area contributed by atoms with E-state index in [1.165, 1.54) is 0 Å². The van der Waals surface area contributed by atoms with Crippen molar-refractivity contribution in [2.24, 2.45) is 0 Å². The fraction of sp³-hybridized carbons (Fsp3) is 0.300. The minimum Gasteiger partial charge on any atom is -0.496 e. The van der Waals surface area contributed by atoms with Gasteiger partial charge in [0.15, 0.2) is 0 Å². The second kappa shape index (κ2) is 6.71. The van der Waals surface area contributed by atoms with Gasteiger partial charge in [0.1, 0.15) is 22.8 Å². The number of nitrogens with one attached hydrogen (secondary N) is 2. The first-order valence-corrected chi connectivity index (χ1v) is 8.66. The van der Waals surface area contributed by atoms with Gasteiger partial charge in [-0.2, -0.15) is 0 Å². The molecule has 0 radical (unpaired) electrons. The highest BCUT2D eigenvalue weighted by molar-refractivity contribution is 5.93. The number of fused-ring (bicyclic) bond motifs is 1. The molecule has 1 atom stereocenters. The summed E-state index contributed by atoms with van der Waals surface area (Å²) in [6.45, 7) is 0.704. The Morgan fingerprint density at radius 1 is 1.12 bits per heavy atom. The maximum absolute atomic E-state index is 12.2. The van der Waals surface area contributed by atoms with Gasteiger partial charge in [-0.05, 0) is 24.1 Å². The summed E-state index contributed by atoms with van der Waals surface area (Å²) in [5.41, 5.74) is 3.62. The maximum atomic E-state index is 12.2. The van der Waals surface area contributed by atoms with Crippen LogP contribution in [0, 0.1) is 0 Å². The topological polar surface area (TPSA) is 76.2 Å². The molecule has 1 saturated heterocycles. The predicted octanol–water partition coefficient (Wildman–Crippen LogP) is 2.77. The number of methoxy groups -OCH3 is 2. The summed E-state index contributed by atoms with van der Waals surface area (Å²) in [6.07, 6.45) is 1.40. The summed E-state index contributed by atoms with van der Waals surface area (Å²) in [5, 5.41) is 2.90. The molecule has 1 aliphatic heterocycles. The molecule has 1 fully saturated rings. The average molecular weight is 351 g/mol. The molecule has 4 rings (SSSR count). The van der Waals surface area contributed by atoms with Gasteiger partial charge >= 0.3 is 0 Å². The van der Waals surface area contributed by atoms with Crippen LogP contribution in [-0.4, -0.2) is 36.6 Å². The first-order valence-electron chi connectivity index (χ1n) is 8.66. The molecule has 1 aromatic heterocycles. The minimum absolute atomic E-state index is 0.0609. The van der Waals surface area contributed by atoms with E-state index in [4.69, 9.17) is 14.5 Å². The van der Waals surface area contributed by atoms with Crippen LogP contribution in [0.4, 0.5) is 0 Å². The van der Waals surface area contributed by atoms with Crippen LogP contribution in [-0.2, 0) is 11.2 Å². The van der Waals surface area contributed by atoms with Crippen LogP contribution in [0.2, 0.25) is 0 Å². The molecule has 1 aliphatic rings. The van der Waals surface area contributed by atoms with Crippen molar-refractivity contribution in [3.63, 3.8) is 0 Å². The number of aromatic amines is 1. The number of hydrogen-bond acceptors (Lipinski definition) is 4. The third-order valence-electron chi connectivity index (χ3n) is 4.88. The van der Waals surface area contributed by atoms with Crippen molar-refractivity contribution in [3.05, 3.63) is 53.3 Å². The van der Waals surface area contributed by atoms with Crippen LogP contribution in [0.1, 0.15) is 29.3 Å². The quantitative estimate of drug-likeness (QED) is 0.741. The Hall–Kier alpha value is -3.02. The highest BCUT2D eigenvalue weighted by Crippen LogP contribution is 2.34. The normalized spacial score (nSPS) is 16.7. The Labute approximate surface area is 151 Å². The molecule has 0 spiro atoms. The lowest BCUT2D eigenvalue weighted by atomic mass is 9.96. The molecule has 6 nitrogen and oxygen atoms in total. The molecule has 3 aromatic rings. The van der Waals surface area contributed by atoms with Crippen LogP contribution >= 0.6 is 0 Å². The molecule has 6 heteroatoms. The minimum atomic E-state index is -0.161. The number of benzene rings is 2. The molecule has 1 amide bonds. The summed E-state index contributed by atoms with van der Waals surface area (Å²) in [6, 6.07) is 11.7. The summed E-state index contributed by atoms with van der Waals surface area (Å²) >= 11 is 0. The molecule has 2 N–H and O–H groups in total. The van der Waals surface area contributed by atoms with Gasteiger partial charge in [0, 0.05) is 18.5 Å². The van der Waals surface area contributed by atoms with Crippen molar-refractivity contribution >= 4 is 16.9 Å². The summed E-state index contributed by atoms with van der Waals surface area (Å²) < 4.78 is 10.9. The Kier molecular flexibility index (Phi) is 4.24. The van der Waals surface area contributed by atoms with Crippen LogP contribution in [0.15, 0.2) is 36.4 Å². The van der Waals surface area contributed by atoms with Crippen molar-refractivity contribution in [2.45, 2.75) is 18.8 Å². The zero-order valence-corrected chi connectivity index (χ0v) is 14.8. The molecular formula is C20H21N3O3. The van der Waals surface area contributed by atoms with Gasteiger partial charge in [0.2, 0.25) is 5.91 Å². The second-order valence-electron chi connectivity index (χ2n) is 6.39. The first-order chi connectivity index (χ1) is 12.7. The Balaban J connectivity index is 1.79. The van der Waals surface area contributed by atoms with E-state index in [-0.39, 0.29) is 11.8 Å². The predicted molar refractivity (Wildman–Crippen MR) is 98.8 cm³/mol. The SMILES string of the molecule is COc1ccccc1Cc1nc2c(C3CCNC3=O)ccc(OC)c2[nH]1. The van der Waals surface area contributed by atoms with Gasteiger partial charge in [-0.25, -0.2) is 4.98 Å². The number of ether oxygens (including phenoxy) is 2. The Morgan fingerprint density at radius 2 is 1.92 bits per heavy atom. The van der Waals surface area contributed by atoms with E-state index in [2.05, 4.69) is 10.3 Å². The number of aromatic nitrogens is 2. The van der Waals surface area contributed by atoms with Gasteiger partial charge in [0.05, 0.1) is 25.7 Å². The van der Waals surface area contributed by atoms with Crippen molar-refractivity contribution in [1.29, 1.82) is 0 Å². The summed E-state index contributed by atoms with van der Waals surface area (Å²) in [7, 11) is 3.30. The maximum Gasteiger partial charge on any atom is 0.227 e. The number of carbonyl (C=O) groups excluding carboxylic acids is 1. The lowest BCUT2D eigenvalue weighted by Crippen LogP contribution is -2.18. The summed E-state index contributed by atoms with van der Waals surface area (Å²) in [5.74, 6) is 2.27. The number of imidazole rings is 1. The van der Waals surface area contributed by atoms with Gasteiger partial charge in [0.25, 0.3) is 0 Å². The zero-order valence-electron chi connectivity index (χ0n) is 14.8. The molecule has 0 aliphatic carbocycles. The summed E-state index contributed by atoms with van der Waals surface area (Å²) in [4.78, 5) is 20.3. The molecular weight excluding hydrogens is 330 g/mol. The van der Waals surface area contributed by atoms with E-state index >= 15 is 0 Å². The van der Waals surface area contributed by atoms with E-state index < -0.39 is 0 Å². The lowest BCUT2D eigenvalue weighted by molar-refractivity contribution is -0.120.